The summed E-state index contributed by atoms with van der Waals surface area (Å²) in [6.45, 7) is 4.87. The van der Waals surface area contributed by atoms with E-state index < -0.39 is 0 Å². The van der Waals surface area contributed by atoms with Crippen molar-refractivity contribution in [3.8, 4) is 11.5 Å². The number of rotatable bonds is 3. The van der Waals surface area contributed by atoms with Gasteiger partial charge in [-0.3, -0.25) is 0 Å². The molecule has 1 atom stereocenters. The average molecular weight is 360 g/mol. The first-order chi connectivity index (χ1) is 12.7. The van der Waals surface area contributed by atoms with Crippen molar-refractivity contribution in [2.24, 2.45) is 0 Å². The van der Waals surface area contributed by atoms with Crippen LogP contribution >= 0.6 is 0 Å². The highest BCUT2D eigenvalue weighted by atomic mass is 16.7. The number of urea groups is 1. The van der Waals surface area contributed by atoms with Gasteiger partial charge in [-0.25, -0.2) is 4.79 Å². The van der Waals surface area contributed by atoms with Crippen LogP contribution in [0, 0.1) is 0 Å². The standard InChI is InChI=1S/C20H28N2O4/c1-15-12-24-10-9-22(15)19(23)21-13-20(7-3-2-4-8-20)16-5-6-17-18(11-16)26-14-25-17/h5-6,11,15H,2-4,7-10,12-14H2,1H3,(H,21,23)/t15-/m0/s1. The number of nitrogens with one attached hydrogen (secondary N) is 1. The Kier molecular flexibility index (Phi) is 4.94. The maximum Gasteiger partial charge on any atom is 0.317 e. The quantitative estimate of drug-likeness (QED) is 0.900. The molecule has 3 aliphatic rings. The van der Waals surface area contributed by atoms with Crippen LogP contribution in [0.25, 0.3) is 0 Å². The third kappa shape index (κ3) is 3.34. The normalized spacial score (nSPS) is 24.3. The van der Waals surface area contributed by atoms with E-state index >= 15 is 0 Å². The van der Waals surface area contributed by atoms with Crippen LogP contribution in [0.5, 0.6) is 11.5 Å². The molecule has 6 nitrogen and oxygen atoms in total. The molecule has 0 aromatic heterocycles. The second-order valence-corrected chi connectivity index (χ2v) is 7.69. The Labute approximate surface area is 154 Å². The van der Waals surface area contributed by atoms with E-state index in [1.54, 1.807) is 0 Å². The fraction of sp³-hybridized carbons (Fsp3) is 0.650. The Morgan fingerprint density at radius 1 is 1.23 bits per heavy atom. The van der Waals surface area contributed by atoms with Gasteiger partial charge in [-0.2, -0.15) is 0 Å². The molecular weight excluding hydrogens is 332 g/mol. The molecule has 1 aromatic carbocycles. The number of ether oxygens (including phenoxy) is 3. The van der Waals surface area contributed by atoms with E-state index in [0.29, 0.717) is 26.3 Å². The van der Waals surface area contributed by atoms with Crippen LogP contribution in [-0.4, -0.2) is 50.1 Å². The number of amides is 2. The van der Waals surface area contributed by atoms with E-state index in [-0.39, 0.29) is 24.3 Å². The Morgan fingerprint density at radius 2 is 2.04 bits per heavy atom. The smallest absolute Gasteiger partial charge is 0.317 e. The molecule has 4 rings (SSSR count). The molecule has 1 aliphatic carbocycles. The lowest BCUT2D eigenvalue weighted by Crippen LogP contribution is -2.53. The minimum absolute atomic E-state index is 0.0199. The van der Waals surface area contributed by atoms with Crippen LogP contribution in [0.3, 0.4) is 0 Å². The molecule has 142 valence electrons. The molecule has 0 unspecified atom stereocenters. The van der Waals surface area contributed by atoms with Crippen molar-refractivity contribution in [2.75, 3.05) is 33.1 Å². The van der Waals surface area contributed by atoms with Gasteiger partial charge in [0.1, 0.15) is 0 Å². The van der Waals surface area contributed by atoms with Gasteiger partial charge in [0.15, 0.2) is 11.5 Å². The Morgan fingerprint density at radius 3 is 2.85 bits per heavy atom. The predicted octanol–water partition coefficient (Wildman–Crippen LogP) is 3.05. The summed E-state index contributed by atoms with van der Waals surface area (Å²) in [6.07, 6.45) is 5.83. The van der Waals surface area contributed by atoms with Crippen LogP contribution in [0.1, 0.15) is 44.6 Å². The van der Waals surface area contributed by atoms with Crippen molar-refractivity contribution in [3.63, 3.8) is 0 Å². The number of morpholine rings is 1. The summed E-state index contributed by atoms with van der Waals surface area (Å²) < 4.78 is 16.5. The minimum atomic E-state index is -0.0234. The van der Waals surface area contributed by atoms with E-state index in [4.69, 9.17) is 14.2 Å². The van der Waals surface area contributed by atoms with Crippen LogP contribution in [0.15, 0.2) is 18.2 Å². The first-order valence-electron chi connectivity index (χ1n) is 9.70. The van der Waals surface area contributed by atoms with Gasteiger partial charge < -0.3 is 24.4 Å². The maximum absolute atomic E-state index is 12.7. The van der Waals surface area contributed by atoms with E-state index in [1.807, 2.05) is 17.9 Å². The molecule has 0 radical (unpaired) electrons. The largest absolute Gasteiger partial charge is 0.454 e. The van der Waals surface area contributed by atoms with Crippen molar-refractivity contribution in [2.45, 2.75) is 50.5 Å². The zero-order chi connectivity index (χ0) is 18.0. The van der Waals surface area contributed by atoms with Crippen molar-refractivity contribution in [1.29, 1.82) is 0 Å². The van der Waals surface area contributed by atoms with E-state index in [0.717, 1.165) is 24.3 Å². The van der Waals surface area contributed by atoms with Crippen LogP contribution < -0.4 is 14.8 Å². The molecule has 6 heteroatoms. The zero-order valence-corrected chi connectivity index (χ0v) is 15.5. The lowest BCUT2D eigenvalue weighted by molar-refractivity contribution is 0.0186. The number of nitrogens with zero attached hydrogens (tertiary/aromatic N) is 1. The first-order valence-corrected chi connectivity index (χ1v) is 9.70. The van der Waals surface area contributed by atoms with Crippen molar-refractivity contribution in [1.82, 2.24) is 10.2 Å². The average Bonchev–Trinajstić information content (AvgIpc) is 3.15. The third-order valence-corrected chi connectivity index (χ3v) is 6.00. The number of hydrogen-bond donors (Lipinski definition) is 1. The summed E-state index contributed by atoms with van der Waals surface area (Å²) >= 11 is 0. The summed E-state index contributed by atoms with van der Waals surface area (Å²) in [4.78, 5) is 14.6. The van der Waals surface area contributed by atoms with E-state index in [9.17, 15) is 4.79 Å². The molecule has 1 saturated carbocycles. The van der Waals surface area contributed by atoms with Gasteiger partial charge in [-0.1, -0.05) is 25.3 Å². The van der Waals surface area contributed by atoms with Gasteiger partial charge in [0, 0.05) is 18.5 Å². The number of fused-ring (bicyclic) bond motifs is 1. The third-order valence-electron chi connectivity index (χ3n) is 6.00. The Hall–Kier alpha value is -1.95. The maximum atomic E-state index is 12.7. The van der Waals surface area contributed by atoms with Gasteiger partial charge in [-0.15, -0.1) is 0 Å². The molecule has 2 fully saturated rings. The Balaban J connectivity index is 1.50. The van der Waals surface area contributed by atoms with E-state index in [2.05, 4.69) is 17.4 Å². The zero-order valence-electron chi connectivity index (χ0n) is 15.5. The molecular formula is C20H28N2O4. The number of carbonyl (C=O) groups is 1. The summed E-state index contributed by atoms with van der Waals surface area (Å²) in [7, 11) is 0. The molecule has 2 amide bonds. The lowest BCUT2D eigenvalue weighted by Gasteiger charge is -2.40. The second-order valence-electron chi connectivity index (χ2n) is 7.69. The fourth-order valence-corrected chi connectivity index (χ4v) is 4.40. The van der Waals surface area contributed by atoms with Crippen LogP contribution in [-0.2, 0) is 10.2 Å². The second kappa shape index (κ2) is 7.35. The first kappa shape index (κ1) is 17.5. The molecule has 2 aliphatic heterocycles. The lowest BCUT2D eigenvalue weighted by atomic mass is 9.69. The highest BCUT2D eigenvalue weighted by Crippen LogP contribution is 2.43. The van der Waals surface area contributed by atoms with Crippen LogP contribution in [0.2, 0.25) is 0 Å². The monoisotopic (exact) mass is 360 g/mol. The summed E-state index contributed by atoms with van der Waals surface area (Å²) in [6, 6.07) is 6.39. The molecule has 1 N–H and O–H groups in total. The fourth-order valence-electron chi connectivity index (χ4n) is 4.40. The predicted molar refractivity (Wildman–Crippen MR) is 97.7 cm³/mol. The Bertz CT molecular complexity index is 657. The SMILES string of the molecule is C[C@H]1COCCN1C(=O)NCC1(c2ccc3c(c2)OCO3)CCCCC1. The highest BCUT2D eigenvalue weighted by molar-refractivity contribution is 5.74. The number of benzene rings is 1. The van der Waals surface area contributed by atoms with Crippen molar-refractivity contribution < 1.29 is 19.0 Å². The molecule has 1 saturated heterocycles. The molecule has 0 spiro atoms. The van der Waals surface area contributed by atoms with Gasteiger partial charge >= 0.3 is 6.03 Å². The van der Waals surface area contributed by atoms with Gasteiger partial charge in [0.05, 0.1) is 19.3 Å². The topological polar surface area (TPSA) is 60.0 Å². The highest BCUT2D eigenvalue weighted by Gasteiger charge is 2.36. The minimum Gasteiger partial charge on any atom is -0.454 e. The van der Waals surface area contributed by atoms with Gasteiger partial charge in [0.2, 0.25) is 6.79 Å². The number of hydrogen-bond acceptors (Lipinski definition) is 4. The van der Waals surface area contributed by atoms with E-state index in [1.165, 1.54) is 24.8 Å². The number of carbonyl (C=O) groups excluding carboxylic acids is 1. The molecule has 0 bridgehead atoms. The molecule has 1 aromatic rings. The van der Waals surface area contributed by atoms with Gasteiger partial charge in [0.25, 0.3) is 0 Å². The molecule has 26 heavy (non-hydrogen) atoms. The summed E-state index contributed by atoms with van der Waals surface area (Å²) in [5, 5.41) is 3.22. The summed E-state index contributed by atoms with van der Waals surface area (Å²) in [5.41, 5.74) is 1.22. The van der Waals surface area contributed by atoms with Crippen molar-refractivity contribution >= 4 is 6.03 Å². The van der Waals surface area contributed by atoms with Crippen molar-refractivity contribution in [3.05, 3.63) is 23.8 Å². The summed E-state index contributed by atoms with van der Waals surface area (Å²) in [5.74, 6) is 1.63. The molecule has 2 heterocycles. The van der Waals surface area contributed by atoms with Crippen LogP contribution in [0.4, 0.5) is 4.79 Å². The van der Waals surface area contributed by atoms with Gasteiger partial charge in [-0.05, 0) is 37.5 Å².